The van der Waals surface area contributed by atoms with E-state index >= 15 is 0 Å². The fraction of sp³-hybridized carbons (Fsp3) is 0.553. The van der Waals surface area contributed by atoms with Gasteiger partial charge in [-0.25, -0.2) is 9.13 Å². The SMILES string of the molecule is CCCCCCN(CCCCCC)c1ccc(-c2ccc(N=Nc3cc[n+](CCC[N+](CC)(CC)CC)cc3)cc2)cc1.CCCCCCN(CCCCCC)c1ccc(N=Nc2ccc(-c3cc[n+](CCC[N+](CC)(CC)CC)cc3)cc2)cc1. The maximum atomic E-state index is 4.53. The minimum atomic E-state index is 0.871. The highest BCUT2D eigenvalue weighted by Gasteiger charge is 2.22. The van der Waals surface area contributed by atoms with Crippen molar-refractivity contribution in [1.29, 1.82) is 0 Å². The molecule has 0 spiro atoms. The van der Waals surface area contributed by atoms with Gasteiger partial charge in [0.2, 0.25) is 0 Å². The number of azo groups is 2. The number of hydrogen-bond acceptors (Lipinski definition) is 6. The second kappa shape index (κ2) is 41.1. The smallest absolute Gasteiger partial charge is 0.171 e. The van der Waals surface area contributed by atoms with Crippen molar-refractivity contribution in [3.05, 3.63) is 146 Å². The first-order valence-corrected chi connectivity index (χ1v) is 34.5. The Kier molecular flexibility index (Phi) is 33.8. The van der Waals surface area contributed by atoms with Crippen molar-refractivity contribution >= 4 is 34.1 Å². The highest BCUT2D eigenvalue weighted by molar-refractivity contribution is 5.68. The third-order valence-corrected chi connectivity index (χ3v) is 18.4. The van der Waals surface area contributed by atoms with E-state index in [1.807, 2.05) is 0 Å². The summed E-state index contributed by atoms with van der Waals surface area (Å²) in [6, 6.07) is 43.1. The number of aryl methyl sites for hydroxylation is 2. The first-order valence-electron chi connectivity index (χ1n) is 34.5. The van der Waals surface area contributed by atoms with Gasteiger partial charge >= 0.3 is 0 Å². The van der Waals surface area contributed by atoms with E-state index in [0.717, 1.165) is 62.0 Å². The maximum Gasteiger partial charge on any atom is 0.171 e. The van der Waals surface area contributed by atoms with E-state index in [0.29, 0.717) is 0 Å². The summed E-state index contributed by atoms with van der Waals surface area (Å²) in [7, 11) is 0. The average Bonchev–Trinajstić information content (AvgIpc) is 3.27. The summed E-state index contributed by atoms with van der Waals surface area (Å²) in [5.41, 5.74) is 11.0. The molecule has 0 aliphatic heterocycles. The van der Waals surface area contributed by atoms with Crippen LogP contribution in [0.2, 0.25) is 0 Å². The molecule has 0 bridgehead atoms. The van der Waals surface area contributed by atoms with Gasteiger partial charge in [0.15, 0.2) is 37.9 Å². The van der Waals surface area contributed by atoms with Crippen molar-refractivity contribution in [2.45, 2.75) is 198 Å². The van der Waals surface area contributed by atoms with E-state index in [1.165, 1.54) is 211 Å². The molecule has 0 saturated heterocycles. The summed E-state index contributed by atoms with van der Waals surface area (Å²) in [4.78, 5) is 5.16. The van der Waals surface area contributed by atoms with Crippen LogP contribution in [0, 0.1) is 0 Å². The van der Waals surface area contributed by atoms with Crippen LogP contribution in [0.1, 0.15) is 185 Å². The molecule has 0 atom stereocenters. The van der Waals surface area contributed by atoms with E-state index in [1.54, 1.807) is 0 Å². The van der Waals surface area contributed by atoms with Crippen molar-refractivity contribution in [3.8, 4) is 22.3 Å². The molecule has 0 amide bonds. The predicted molar refractivity (Wildman–Crippen MR) is 369 cm³/mol. The van der Waals surface area contributed by atoms with Gasteiger partial charge < -0.3 is 18.8 Å². The first kappa shape index (κ1) is 70.7. The highest BCUT2D eigenvalue weighted by atomic mass is 15.3. The molecule has 0 saturated carbocycles. The monoisotopic (exact) mass is 1170 g/mol. The van der Waals surface area contributed by atoms with E-state index < -0.39 is 0 Å². The Hall–Kier alpha value is -6.10. The van der Waals surface area contributed by atoms with Crippen molar-refractivity contribution in [2.24, 2.45) is 20.5 Å². The Morgan fingerprint density at radius 3 is 0.837 bits per heavy atom. The van der Waals surface area contributed by atoms with Gasteiger partial charge in [-0.05, 0) is 150 Å². The van der Waals surface area contributed by atoms with Crippen molar-refractivity contribution in [1.82, 2.24) is 0 Å². The van der Waals surface area contributed by atoms with Crippen LogP contribution in [0.15, 0.2) is 167 Å². The van der Waals surface area contributed by atoms with E-state index in [4.69, 9.17) is 0 Å². The lowest BCUT2D eigenvalue weighted by Crippen LogP contribution is -2.49. The molecule has 0 fully saturated rings. The highest BCUT2D eigenvalue weighted by Crippen LogP contribution is 2.29. The first-order chi connectivity index (χ1) is 42.1. The van der Waals surface area contributed by atoms with Gasteiger partial charge in [-0.3, -0.25) is 0 Å². The van der Waals surface area contributed by atoms with Crippen LogP contribution in [0.4, 0.5) is 34.1 Å². The quantitative estimate of drug-likeness (QED) is 0.0166. The number of anilines is 2. The molecule has 0 aliphatic carbocycles. The maximum absolute atomic E-state index is 4.53. The summed E-state index contributed by atoms with van der Waals surface area (Å²) >= 11 is 0. The number of unbranched alkanes of at least 4 members (excludes halogenated alkanes) is 12. The Morgan fingerprint density at radius 2 is 0.535 bits per heavy atom. The molecule has 86 heavy (non-hydrogen) atoms. The van der Waals surface area contributed by atoms with Crippen LogP contribution < -0.4 is 18.9 Å². The Labute approximate surface area is 524 Å². The molecule has 2 aromatic heterocycles. The molecular weight excluding hydrogens is 1050 g/mol. The average molecular weight is 1170 g/mol. The summed E-state index contributed by atoms with van der Waals surface area (Å²) in [5.74, 6) is 0. The van der Waals surface area contributed by atoms with Gasteiger partial charge in [0.1, 0.15) is 0 Å². The molecule has 2 heterocycles. The fourth-order valence-corrected chi connectivity index (χ4v) is 11.9. The number of benzene rings is 4. The van der Waals surface area contributed by atoms with Gasteiger partial charge in [0, 0.05) is 61.8 Å². The number of rotatable bonds is 42. The third kappa shape index (κ3) is 24.9. The molecule has 0 radical (unpaired) electrons. The van der Waals surface area contributed by atoms with Gasteiger partial charge in [0.25, 0.3) is 0 Å². The summed E-state index contributed by atoms with van der Waals surface area (Å²) < 4.78 is 6.98. The zero-order valence-corrected chi connectivity index (χ0v) is 56.0. The molecule has 0 aliphatic rings. The summed E-state index contributed by atoms with van der Waals surface area (Å²) in [6.45, 7) is 39.5. The molecule has 6 rings (SSSR count). The summed E-state index contributed by atoms with van der Waals surface area (Å²) in [5, 5.41) is 18.0. The Bertz CT molecular complexity index is 2670. The van der Waals surface area contributed by atoms with Crippen molar-refractivity contribution < 1.29 is 18.1 Å². The van der Waals surface area contributed by atoms with Crippen LogP contribution in [-0.4, -0.2) is 87.5 Å². The molecule has 6 aromatic rings. The van der Waals surface area contributed by atoms with Crippen LogP contribution in [-0.2, 0) is 13.1 Å². The lowest BCUT2D eigenvalue weighted by Gasteiger charge is -2.35. The molecule has 468 valence electrons. The lowest BCUT2D eigenvalue weighted by molar-refractivity contribution is -0.925. The minimum Gasteiger partial charge on any atom is -0.372 e. The normalized spacial score (nSPS) is 11.8. The fourth-order valence-electron chi connectivity index (χ4n) is 11.9. The number of pyridine rings is 2. The van der Waals surface area contributed by atoms with Gasteiger partial charge in [-0.1, -0.05) is 141 Å². The molecule has 10 heteroatoms. The van der Waals surface area contributed by atoms with Crippen LogP contribution in [0.5, 0.6) is 0 Å². The summed E-state index contributed by atoms with van der Waals surface area (Å²) in [6.07, 6.45) is 31.9. The van der Waals surface area contributed by atoms with Crippen LogP contribution in [0.25, 0.3) is 22.3 Å². The standard InChI is InChI=1S/2C38H59N5/c1-6-11-13-15-29-42(30-16-14-12-7-2)38-24-20-35(21-25-38)34-18-22-36(23-19-34)39-40-37-26-31-41(32-27-37)28-17-33-43(8-3,9-4)10-5;1-6-11-13-15-29-42(30-16-14-12-7-2)38-24-22-37(23-25-38)40-39-36-20-18-34(19-21-36)35-26-31-41(32-27-35)28-17-33-43(8-3,9-4)10-5/h2*18-27,31-32H,6-17,28-30,33H2,1-5H3/q2*+2. The number of hydrogen-bond donors (Lipinski definition) is 0. The second-order valence-electron chi connectivity index (χ2n) is 24.1. The third-order valence-electron chi connectivity index (χ3n) is 18.4. The van der Waals surface area contributed by atoms with Crippen LogP contribution in [0.3, 0.4) is 0 Å². The van der Waals surface area contributed by atoms with Gasteiger partial charge in [0.05, 0.1) is 87.9 Å². The number of quaternary nitrogens is 2. The van der Waals surface area contributed by atoms with Gasteiger partial charge in [-0.15, -0.1) is 0 Å². The lowest BCUT2D eigenvalue weighted by atomic mass is 10.0. The topological polar surface area (TPSA) is 63.7 Å². The van der Waals surface area contributed by atoms with E-state index in [9.17, 15) is 0 Å². The largest absolute Gasteiger partial charge is 0.372 e. The molecule has 10 nitrogen and oxygen atoms in total. The molecule has 4 aromatic carbocycles. The molecule has 0 unspecified atom stereocenters. The zero-order chi connectivity index (χ0) is 61.5. The zero-order valence-electron chi connectivity index (χ0n) is 56.0. The van der Waals surface area contributed by atoms with E-state index in [2.05, 4.69) is 255 Å². The molecule has 0 N–H and O–H groups in total. The predicted octanol–water partition coefficient (Wildman–Crippen LogP) is 20.6. The Morgan fingerprint density at radius 1 is 0.279 bits per heavy atom. The number of nitrogens with zero attached hydrogens (tertiary/aromatic N) is 10. The minimum absolute atomic E-state index is 0.871. The second-order valence-corrected chi connectivity index (χ2v) is 24.1. The number of aromatic nitrogens is 2. The van der Waals surface area contributed by atoms with Crippen molar-refractivity contribution in [3.63, 3.8) is 0 Å². The van der Waals surface area contributed by atoms with Gasteiger partial charge in [-0.2, -0.15) is 20.5 Å². The van der Waals surface area contributed by atoms with Crippen LogP contribution >= 0.6 is 0 Å². The Balaban J connectivity index is 0.000000314. The van der Waals surface area contributed by atoms with Crippen molar-refractivity contribution in [2.75, 3.05) is 88.3 Å². The molecular formula is C76H118N10+4. The van der Waals surface area contributed by atoms with E-state index in [-0.39, 0.29) is 0 Å².